The number of amides is 1. The average Bonchev–Trinajstić information content (AvgIpc) is 2.95. The number of carbonyl (C=O) groups excluding carboxylic acids is 1. The topological polar surface area (TPSA) is 74.8 Å². The van der Waals surface area contributed by atoms with Crippen LogP contribution < -0.4 is 10.9 Å². The van der Waals surface area contributed by atoms with Crippen molar-refractivity contribution in [1.82, 2.24) is 9.97 Å². The van der Waals surface area contributed by atoms with E-state index in [1.54, 1.807) is 0 Å². The van der Waals surface area contributed by atoms with Crippen LogP contribution in [-0.4, -0.2) is 21.6 Å². The van der Waals surface area contributed by atoms with Crippen molar-refractivity contribution in [2.24, 2.45) is 0 Å². The quantitative estimate of drug-likeness (QED) is 0.520. The van der Waals surface area contributed by atoms with E-state index in [4.69, 9.17) is 0 Å². The van der Waals surface area contributed by atoms with Crippen LogP contribution in [0.25, 0.3) is 10.2 Å². The highest BCUT2D eigenvalue weighted by Gasteiger charge is 2.12. The number of hydrogen-bond acceptors (Lipinski definition) is 5. The van der Waals surface area contributed by atoms with E-state index in [0.29, 0.717) is 21.3 Å². The molecule has 0 radical (unpaired) electrons. The van der Waals surface area contributed by atoms with Crippen molar-refractivity contribution in [2.45, 2.75) is 31.8 Å². The fourth-order valence-electron chi connectivity index (χ4n) is 2.57. The minimum Gasteiger partial charge on any atom is -0.325 e. The molecule has 2 N–H and O–H groups in total. The minimum absolute atomic E-state index is 0.122. The third-order valence-electron chi connectivity index (χ3n) is 3.80. The molecule has 1 amide bonds. The molecule has 3 rings (SSSR count). The standard InChI is InChI=1S/C18H19N3O2S2/c1-10(2)12-6-4-5-7-13(12)19-14(22)9-25-18-20-16(23)15-11(3)8-24-17(15)21-18/h4-8,10H,9H2,1-3H3,(H,19,22)(H,20,21,23). The summed E-state index contributed by atoms with van der Waals surface area (Å²) >= 11 is 2.67. The monoisotopic (exact) mass is 373 g/mol. The number of rotatable bonds is 5. The van der Waals surface area contributed by atoms with Crippen molar-refractivity contribution in [3.05, 3.63) is 51.1 Å². The van der Waals surface area contributed by atoms with Gasteiger partial charge >= 0.3 is 0 Å². The lowest BCUT2D eigenvalue weighted by molar-refractivity contribution is -0.113. The smallest absolute Gasteiger partial charge is 0.260 e. The van der Waals surface area contributed by atoms with Crippen LogP contribution in [0.4, 0.5) is 5.69 Å². The maximum absolute atomic E-state index is 12.3. The van der Waals surface area contributed by atoms with Crippen LogP contribution in [0.15, 0.2) is 39.6 Å². The van der Waals surface area contributed by atoms with E-state index in [1.165, 1.54) is 23.1 Å². The third-order valence-corrected chi connectivity index (χ3v) is 5.67. The van der Waals surface area contributed by atoms with Crippen molar-refractivity contribution in [3.63, 3.8) is 0 Å². The number of benzene rings is 1. The van der Waals surface area contributed by atoms with E-state index in [0.717, 1.165) is 16.8 Å². The Kier molecular flexibility index (Phi) is 5.24. The zero-order chi connectivity index (χ0) is 18.0. The molecule has 0 aliphatic rings. The van der Waals surface area contributed by atoms with Crippen molar-refractivity contribution in [2.75, 3.05) is 11.1 Å². The summed E-state index contributed by atoms with van der Waals surface area (Å²) in [5.41, 5.74) is 2.70. The Labute approximate surface area is 153 Å². The highest BCUT2D eigenvalue weighted by Crippen LogP contribution is 2.25. The second kappa shape index (κ2) is 7.41. The molecular weight excluding hydrogens is 354 g/mol. The van der Waals surface area contributed by atoms with Crippen LogP contribution in [-0.2, 0) is 4.79 Å². The molecule has 25 heavy (non-hydrogen) atoms. The molecule has 7 heteroatoms. The molecule has 0 saturated carbocycles. The van der Waals surface area contributed by atoms with Crippen LogP contribution in [0.2, 0.25) is 0 Å². The molecule has 0 saturated heterocycles. The Bertz CT molecular complexity index is 976. The number of aryl methyl sites for hydroxylation is 1. The Morgan fingerprint density at radius 2 is 2.12 bits per heavy atom. The maximum atomic E-state index is 12.3. The molecular formula is C18H19N3O2S2. The summed E-state index contributed by atoms with van der Waals surface area (Å²) in [6, 6.07) is 7.78. The number of anilines is 1. The van der Waals surface area contributed by atoms with Gasteiger partial charge < -0.3 is 10.3 Å². The Morgan fingerprint density at radius 3 is 2.88 bits per heavy atom. The van der Waals surface area contributed by atoms with Gasteiger partial charge in [0.25, 0.3) is 5.56 Å². The van der Waals surface area contributed by atoms with Crippen molar-refractivity contribution < 1.29 is 4.79 Å². The molecule has 0 atom stereocenters. The first-order chi connectivity index (χ1) is 12.0. The number of aromatic amines is 1. The summed E-state index contributed by atoms with van der Waals surface area (Å²) < 4.78 is 0. The Hall–Kier alpha value is -2.12. The summed E-state index contributed by atoms with van der Waals surface area (Å²) in [6.07, 6.45) is 0. The first kappa shape index (κ1) is 17.7. The summed E-state index contributed by atoms with van der Waals surface area (Å²) in [5.74, 6) is 0.389. The largest absolute Gasteiger partial charge is 0.325 e. The first-order valence-electron chi connectivity index (χ1n) is 7.95. The van der Waals surface area contributed by atoms with Crippen LogP contribution in [0.5, 0.6) is 0 Å². The van der Waals surface area contributed by atoms with Gasteiger partial charge in [-0.15, -0.1) is 11.3 Å². The van der Waals surface area contributed by atoms with E-state index in [1.807, 2.05) is 36.6 Å². The lowest BCUT2D eigenvalue weighted by atomic mass is 10.0. The zero-order valence-corrected chi connectivity index (χ0v) is 15.9. The second-order valence-electron chi connectivity index (χ2n) is 6.05. The van der Waals surface area contributed by atoms with E-state index >= 15 is 0 Å². The average molecular weight is 374 g/mol. The molecule has 0 spiro atoms. The molecule has 0 bridgehead atoms. The molecule has 0 unspecified atom stereocenters. The van der Waals surface area contributed by atoms with Gasteiger partial charge in [0.05, 0.1) is 11.1 Å². The Morgan fingerprint density at radius 1 is 1.36 bits per heavy atom. The number of aromatic nitrogens is 2. The number of para-hydroxylation sites is 1. The number of nitrogens with zero attached hydrogens (tertiary/aromatic N) is 1. The minimum atomic E-state index is -0.156. The molecule has 5 nitrogen and oxygen atoms in total. The van der Waals surface area contributed by atoms with Crippen molar-refractivity contribution >= 4 is 44.9 Å². The third kappa shape index (κ3) is 3.93. The molecule has 130 valence electrons. The molecule has 1 aromatic carbocycles. The number of thioether (sulfide) groups is 1. The summed E-state index contributed by atoms with van der Waals surface area (Å²) in [7, 11) is 0. The lowest BCUT2D eigenvalue weighted by Crippen LogP contribution is -2.16. The van der Waals surface area contributed by atoms with Gasteiger partial charge in [-0.2, -0.15) is 0 Å². The summed E-state index contributed by atoms with van der Waals surface area (Å²) in [5, 5.41) is 5.95. The van der Waals surface area contributed by atoms with Gasteiger partial charge in [0.1, 0.15) is 4.83 Å². The first-order valence-corrected chi connectivity index (χ1v) is 9.82. The number of hydrogen-bond donors (Lipinski definition) is 2. The lowest BCUT2D eigenvalue weighted by Gasteiger charge is -2.13. The molecule has 2 aromatic heterocycles. The molecule has 0 aliphatic heterocycles. The highest BCUT2D eigenvalue weighted by molar-refractivity contribution is 7.99. The van der Waals surface area contributed by atoms with Crippen LogP contribution in [0.3, 0.4) is 0 Å². The summed E-state index contributed by atoms with van der Waals surface area (Å²) in [6.45, 7) is 6.07. The number of carbonyl (C=O) groups is 1. The maximum Gasteiger partial charge on any atom is 0.260 e. The van der Waals surface area contributed by atoms with Gasteiger partial charge in [0.2, 0.25) is 5.91 Å². The highest BCUT2D eigenvalue weighted by atomic mass is 32.2. The van der Waals surface area contributed by atoms with Crippen molar-refractivity contribution in [3.8, 4) is 0 Å². The van der Waals surface area contributed by atoms with Crippen LogP contribution >= 0.6 is 23.1 Å². The van der Waals surface area contributed by atoms with Gasteiger partial charge in [0, 0.05) is 5.69 Å². The normalized spacial score (nSPS) is 11.2. The van der Waals surface area contributed by atoms with E-state index in [-0.39, 0.29) is 17.2 Å². The van der Waals surface area contributed by atoms with Gasteiger partial charge in [-0.05, 0) is 35.4 Å². The molecule has 2 heterocycles. The van der Waals surface area contributed by atoms with E-state index in [9.17, 15) is 9.59 Å². The fraction of sp³-hybridized carbons (Fsp3) is 0.278. The predicted octanol–water partition coefficient (Wildman–Crippen LogP) is 4.15. The van der Waals surface area contributed by atoms with E-state index in [2.05, 4.69) is 29.1 Å². The Balaban J connectivity index is 1.70. The zero-order valence-electron chi connectivity index (χ0n) is 14.3. The van der Waals surface area contributed by atoms with E-state index < -0.39 is 0 Å². The van der Waals surface area contributed by atoms with Gasteiger partial charge in [-0.3, -0.25) is 9.59 Å². The van der Waals surface area contributed by atoms with Crippen molar-refractivity contribution in [1.29, 1.82) is 0 Å². The summed E-state index contributed by atoms with van der Waals surface area (Å²) in [4.78, 5) is 32.3. The fourth-order valence-corrected chi connectivity index (χ4v) is 4.21. The number of nitrogens with one attached hydrogen (secondary N) is 2. The SMILES string of the molecule is Cc1csc2nc(SCC(=O)Nc3ccccc3C(C)C)[nH]c(=O)c12. The van der Waals surface area contributed by atoms with Crippen LogP contribution in [0.1, 0.15) is 30.9 Å². The van der Waals surface area contributed by atoms with Gasteiger partial charge in [-0.1, -0.05) is 43.8 Å². The van der Waals surface area contributed by atoms with Gasteiger partial charge in [0.15, 0.2) is 5.16 Å². The number of H-pyrrole nitrogens is 1. The second-order valence-corrected chi connectivity index (χ2v) is 7.87. The molecule has 0 aliphatic carbocycles. The van der Waals surface area contributed by atoms with Gasteiger partial charge in [-0.25, -0.2) is 4.98 Å². The van der Waals surface area contributed by atoms with Crippen LogP contribution in [0, 0.1) is 6.92 Å². The number of fused-ring (bicyclic) bond motifs is 1. The predicted molar refractivity (Wildman–Crippen MR) is 105 cm³/mol. The number of thiophene rings is 1. The molecule has 0 fully saturated rings. The molecule has 3 aromatic rings.